The van der Waals surface area contributed by atoms with E-state index in [1.165, 1.54) is 12.0 Å². The van der Waals surface area contributed by atoms with E-state index in [1.807, 2.05) is 26.8 Å². The molecule has 1 saturated carbocycles. The van der Waals surface area contributed by atoms with Crippen LogP contribution in [0.3, 0.4) is 0 Å². The van der Waals surface area contributed by atoms with E-state index in [-0.39, 0.29) is 5.97 Å². The molecule has 0 unspecified atom stereocenters. The van der Waals surface area contributed by atoms with Crippen LogP contribution < -0.4 is 0 Å². The summed E-state index contributed by atoms with van der Waals surface area (Å²) in [6.07, 6.45) is 3.67. The van der Waals surface area contributed by atoms with Gasteiger partial charge in [-0.3, -0.25) is 4.90 Å². The SMILES string of the molecule is COC(=O)[C@@H]1C(C2CC2)=CCN1C(=O)OC(C)(C)C. The maximum atomic E-state index is 12.1. The monoisotopic (exact) mass is 267 g/mol. The van der Waals surface area contributed by atoms with E-state index >= 15 is 0 Å². The molecule has 1 fully saturated rings. The normalized spacial score (nSPS) is 23.1. The molecule has 106 valence electrons. The average Bonchev–Trinajstić information content (AvgIpc) is 3.04. The Bertz CT molecular complexity index is 418. The van der Waals surface area contributed by atoms with Crippen molar-refractivity contribution in [2.75, 3.05) is 13.7 Å². The van der Waals surface area contributed by atoms with Crippen LogP contribution in [0.1, 0.15) is 33.6 Å². The molecule has 0 N–H and O–H groups in total. The van der Waals surface area contributed by atoms with E-state index in [1.54, 1.807) is 0 Å². The van der Waals surface area contributed by atoms with Crippen molar-refractivity contribution in [1.82, 2.24) is 4.90 Å². The lowest BCUT2D eigenvalue weighted by atomic mass is 10.0. The number of esters is 1. The molecule has 5 nitrogen and oxygen atoms in total. The Morgan fingerprint density at radius 1 is 1.32 bits per heavy atom. The molecule has 0 bridgehead atoms. The Hall–Kier alpha value is -1.52. The van der Waals surface area contributed by atoms with Gasteiger partial charge in [0.1, 0.15) is 5.60 Å². The number of carbonyl (C=O) groups excluding carboxylic acids is 2. The number of hydrogen-bond acceptors (Lipinski definition) is 4. The van der Waals surface area contributed by atoms with Crippen LogP contribution in [-0.4, -0.2) is 42.3 Å². The topological polar surface area (TPSA) is 55.8 Å². The Morgan fingerprint density at radius 2 is 1.95 bits per heavy atom. The summed E-state index contributed by atoms with van der Waals surface area (Å²) < 4.78 is 10.2. The molecule has 0 aromatic heterocycles. The summed E-state index contributed by atoms with van der Waals surface area (Å²) in [7, 11) is 1.35. The predicted molar refractivity (Wildman–Crippen MR) is 69.6 cm³/mol. The summed E-state index contributed by atoms with van der Waals surface area (Å²) in [6.45, 7) is 5.84. The second-order valence-electron chi connectivity index (χ2n) is 6.04. The van der Waals surface area contributed by atoms with E-state index in [0.29, 0.717) is 12.5 Å². The van der Waals surface area contributed by atoms with Gasteiger partial charge in [-0.25, -0.2) is 9.59 Å². The quantitative estimate of drug-likeness (QED) is 0.568. The minimum atomic E-state index is -0.604. The summed E-state index contributed by atoms with van der Waals surface area (Å²) >= 11 is 0. The zero-order valence-electron chi connectivity index (χ0n) is 11.9. The predicted octanol–water partition coefficient (Wildman–Crippen LogP) is 2.12. The molecule has 1 amide bonds. The molecule has 1 atom stereocenters. The van der Waals surface area contributed by atoms with Crippen molar-refractivity contribution in [2.45, 2.75) is 45.3 Å². The number of ether oxygens (including phenoxy) is 2. The number of hydrogen-bond donors (Lipinski definition) is 0. The molecule has 0 saturated heterocycles. The zero-order valence-corrected chi connectivity index (χ0v) is 11.9. The van der Waals surface area contributed by atoms with Gasteiger partial charge in [0.05, 0.1) is 7.11 Å². The molecular weight excluding hydrogens is 246 g/mol. The molecule has 5 heteroatoms. The first-order valence-electron chi connectivity index (χ1n) is 6.61. The lowest BCUT2D eigenvalue weighted by Crippen LogP contribution is -2.45. The summed E-state index contributed by atoms with van der Waals surface area (Å²) in [5, 5.41) is 0. The van der Waals surface area contributed by atoms with Gasteiger partial charge in [-0.1, -0.05) is 6.08 Å². The number of rotatable bonds is 2. The number of nitrogens with zero attached hydrogens (tertiary/aromatic N) is 1. The molecule has 19 heavy (non-hydrogen) atoms. The standard InChI is InChI=1S/C14H21NO4/c1-14(2,3)19-13(17)15-8-7-10(9-5-6-9)11(15)12(16)18-4/h7,9,11H,5-6,8H2,1-4H3/t11-/m0/s1. The minimum Gasteiger partial charge on any atom is -0.467 e. The molecular formula is C14H21NO4. The third-order valence-corrected chi connectivity index (χ3v) is 3.25. The van der Waals surface area contributed by atoms with Crippen LogP contribution in [0.5, 0.6) is 0 Å². The molecule has 1 aliphatic carbocycles. The Balaban J connectivity index is 2.12. The zero-order chi connectivity index (χ0) is 14.2. The van der Waals surface area contributed by atoms with Crippen LogP contribution in [0.15, 0.2) is 11.6 Å². The van der Waals surface area contributed by atoms with Crippen LogP contribution >= 0.6 is 0 Å². The highest BCUT2D eigenvalue weighted by Gasteiger charge is 2.44. The van der Waals surface area contributed by atoms with Crippen LogP contribution in [-0.2, 0) is 14.3 Å². The van der Waals surface area contributed by atoms with Gasteiger partial charge < -0.3 is 9.47 Å². The molecule has 1 heterocycles. The Kier molecular flexibility index (Phi) is 3.56. The van der Waals surface area contributed by atoms with E-state index in [4.69, 9.17) is 9.47 Å². The van der Waals surface area contributed by atoms with Gasteiger partial charge in [-0.15, -0.1) is 0 Å². The van der Waals surface area contributed by atoms with Crippen molar-refractivity contribution in [1.29, 1.82) is 0 Å². The van der Waals surface area contributed by atoms with Gasteiger partial charge >= 0.3 is 12.1 Å². The van der Waals surface area contributed by atoms with Gasteiger partial charge in [0.25, 0.3) is 0 Å². The first kappa shape index (κ1) is 13.9. The average molecular weight is 267 g/mol. The molecule has 0 spiro atoms. The van der Waals surface area contributed by atoms with Gasteiger partial charge in [0.15, 0.2) is 6.04 Å². The third-order valence-electron chi connectivity index (χ3n) is 3.25. The van der Waals surface area contributed by atoms with Crippen LogP contribution in [0, 0.1) is 5.92 Å². The lowest BCUT2D eigenvalue weighted by Gasteiger charge is -2.28. The molecule has 2 aliphatic rings. The number of carbonyl (C=O) groups is 2. The summed E-state index contributed by atoms with van der Waals surface area (Å²) in [4.78, 5) is 25.5. The highest BCUT2D eigenvalue weighted by molar-refractivity contribution is 5.86. The number of methoxy groups -OCH3 is 1. The van der Waals surface area contributed by atoms with Crippen LogP contribution in [0.25, 0.3) is 0 Å². The first-order chi connectivity index (χ1) is 8.83. The third kappa shape index (κ3) is 3.08. The fourth-order valence-corrected chi connectivity index (χ4v) is 2.28. The highest BCUT2D eigenvalue weighted by Crippen LogP contribution is 2.42. The van der Waals surface area contributed by atoms with E-state index in [2.05, 4.69) is 0 Å². The second-order valence-corrected chi connectivity index (χ2v) is 6.04. The molecule has 2 rings (SSSR count). The fourth-order valence-electron chi connectivity index (χ4n) is 2.28. The van der Waals surface area contributed by atoms with Crippen molar-refractivity contribution < 1.29 is 19.1 Å². The maximum absolute atomic E-state index is 12.1. The largest absolute Gasteiger partial charge is 0.467 e. The van der Waals surface area contributed by atoms with Gasteiger partial charge in [0, 0.05) is 6.54 Å². The first-order valence-corrected chi connectivity index (χ1v) is 6.61. The van der Waals surface area contributed by atoms with Crippen LogP contribution in [0.4, 0.5) is 4.79 Å². The van der Waals surface area contributed by atoms with E-state index < -0.39 is 17.7 Å². The van der Waals surface area contributed by atoms with Crippen molar-refractivity contribution in [3.63, 3.8) is 0 Å². The van der Waals surface area contributed by atoms with Crippen molar-refractivity contribution >= 4 is 12.1 Å². The number of amides is 1. The summed E-state index contributed by atoms with van der Waals surface area (Å²) in [5.74, 6) is 0.0399. The lowest BCUT2D eigenvalue weighted by molar-refractivity contribution is -0.144. The summed E-state index contributed by atoms with van der Waals surface area (Å²) in [5.41, 5.74) is 0.442. The van der Waals surface area contributed by atoms with Gasteiger partial charge in [0.2, 0.25) is 0 Å². The van der Waals surface area contributed by atoms with Gasteiger partial charge in [-0.2, -0.15) is 0 Å². The maximum Gasteiger partial charge on any atom is 0.411 e. The fraction of sp³-hybridized carbons (Fsp3) is 0.714. The summed E-state index contributed by atoms with van der Waals surface area (Å²) in [6, 6.07) is -0.604. The Labute approximate surface area is 113 Å². The van der Waals surface area contributed by atoms with Crippen molar-refractivity contribution in [3.05, 3.63) is 11.6 Å². The minimum absolute atomic E-state index is 0.387. The molecule has 1 aliphatic heterocycles. The van der Waals surface area contributed by atoms with E-state index in [9.17, 15) is 9.59 Å². The highest BCUT2D eigenvalue weighted by atomic mass is 16.6. The van der Waals surface area contributed by atoms with E-state index in [0.717, 1.165) is 18.4 Å². The second kappa shape index (κ2) is 4.87. The van der Waals surface area contributed by atoms with Gasteiger partial charge in [-0.05, 0) is 45.1 Å². The molecule has 0 aromatic carbocycles. The van der Waals surface area contributed by atoms with Crippen LogP contribution in [0.2, 0.25) is 0 Å². The molecule has 0 radical (unpaired) electrons. The molecule has 0 aromatic rings. The van der Waals surface area contributed by atoms with Crippen molar-refractivity contribution in [3.8, 4) is 0 Å². The van der Waals surface area contributed by atoms with Crippen molar-refractivity contribution in [2.24, 2.45) is 5.92 Å². The Morgan fingerprint density at radius 3 is 2.42 bits per heavy atom. The smallest absolute Gasteiger partial charge is 0.411 e.